The fourth-order valence-corrected chi connectivity index (χ4v) is 3.98. The number of hydrogen-bond donors (Lipinski definition) is 2. The fraction of sp³-hybridized carbons (Fsp3) is 0.333. The third-order valence-electron chi connectivity index (χ3n) is 6.00. The van der Waals surface area contributed by atoms with Crippen LogP contribution in [0.3, 0.4) is 0 Å². The monoisotopic (exact) mass is 522 g/mol. The van der Waals surface area contributed by atoms with Crippen molar-refractivity contribution < 1.29 is 23.5 Å². The number of piperidine rings is 1. The van der Waals surface area contributed by atoms with Gasteiger partial charge in [-0.3, -0.25) is 20.0 Å². The van der Waals surface area contributed by atoms with Crippen molar-refractivity contribution in [3.05, 3.63) is 72.1 Å². The maximum Gasteiger partial charge on any atom is 0.316 e. The van der Waals surface area contributed by atoms with Crippen LogP contribution in [-0.4, -0.2) is 57.3 Å². The van der Waals surface area contributed by atoms with Crippen molar-refractivity contribution in [1.29, 1.82) is 5.41 Å². The molecule has 3 heterocycles. The molecule has 1 aliphatic rings. The number of nitrogens with two attached hydrogens (primary N) is 1. The van der Waals surface area contributed by atoms with E-state index in [9.17, 15) is 14.0 Å². The molecule has 200 valence electrons. The van der Waals surface area contributed by atoms with Crippen LogP contribution in [0, 0.1) is 17.1 Å². The molecule has 0 bridgehead atoms. The topological polar surface area (TPSA) is 144 Å². The Morgan fingerprint density at radius 3 is 2.50 bits per heavy atom. The Balaban J connectivity index is 0.00000400. The second-order valence-electron chi connectivity index (χ2n) is 8.68. The van der Waals surface area contributed by atoms with Crippen molar-refractivity contribution >= 4 is 17.7 Å². The first-order valence-corrected chi connectivity index (χ1v) is 11.8. The van der Waals surface area contributed by atoms with Crippen LogP contribution in [0.4, 0.5) is 4.39 Å². The molecule has 1 saturated heterocycles. The van der Waals surface area contributed by atoms with E-state index in [2.05, 4.69) is 15.0 Å². The van der Waals surface area contributed by atoms with Gasteiger partial charge in [0.05, 0.1) is 12.2 Å². The summed E-state index contributed by atoms with van der Waals surface area (Å²) in [6.45, 7) is 1.42. The molecule has 0 radical (unpaired) electrons. The lowest BCUT2D eigenvalue weighted by atomic mass is 9.97. The van der Waals surface area contributed by atoms with Crippen LogP contribution in [0.15, 0.2) is 55.1 Å². The van der Waals surface area contributed by atoms with Gasteiger partial charge in [0, 0.05) is 54.6 Å². The van der Waals surface area contributed by atoms with Crippen molar-refractivity contribution in [2.45, 2.75) is 33.3 Å². The number of nitrogens with zero attached hydrogens (tertiary/aromatic N) is 4. The van der Waals surface area contributed by atoms with Gasteiger partial charge in [-0.1, -0.05) is 25.6 Å². The molecule has 0 unspecified atom stereocenters. The molecule has 11 heteroatoms. The van der Waals surface area contributed by atoms with Gasteiger partial charge >= 0.3 is 12.0 Å². The molecule has 0 aliphatic carbocycles. The summed E-state index contributed by atoms with van der Waals surface area (Å²) in [5.41, 5.74) is 6.65. The Hall–Kier alpha value is -4.41. The molecule has 2 aromatic heterocycles. The first-order valence-electron chi connectivity index (χ1n) is 11.8. The third kappa shape index (κ3) is 7.31. The zero-order chi connectivity index (χ0) is 26.2. The van der Waals surface area contributed by atoms with Gasteiger partial charge in [-0.25, -0.2) is 14.4 Å². The number of rotatable bonds is 9. The van der Waals surface area contributed by atoms with E-state index in [1.807, 2.05) is 4.90 Å². The largest absolute Gasteiger partial charge is 0.463 e. The van der Waals surface area contributed by atoms with Gasteiger partial charge in [-0.15, -0.1) is 0 Å². The molecular formula is C27H31FN6O4. The minimum Gasteiger partial charge on any atom is -0.463 e. The van der Waals surface area contributed by atoms with Crippen LogP contribution in [-0.2, 0) is 16.1 Å². The summed E-state index contributed by atoms with van der Waals surface area (Å²) in [6.07, 6.45) is 7.42. The van der Waals surface area contributed by atoms with Gasteiger partial charge in [0.1, 0.15) is 24.7 Å². The van der Waals surface area contributed by atoms with Crippen LogP contribution in [0.25, 0.3) is 11.1 Å². The Kier molecular flexibility index (Phi) is 9.80. The number of carbonyl (C=O) groups excluding carboxylic acids is 2. The highest BCUT2D eigenvalue weighted by molar-refractivity contribution is 5.95. The number of likely N-dealkylation sites (tertiary alicyclic amines) is 1. The van der Waals surface area contributed by atoms with Gasteiger partial charge in [-0.05, 0) is 30.9 Å². The summed E-state index contributed by atoms with van der Waals surface area (Å²) >= 11 is 0. The highest BCUT2D eigenvalue weighted by Gasteiger charge is 2.24. The zero-order valence-electron chi connectivity index (χ0n) is 20.1. The quantitative estimate of drug-likeness (QED) is 0.246. The number of benzene rings is 1. The second kappa shape index (κ2) is 13.2. The number of ether oxygens (including phenoxy) is 2. The lowest BCUT2D eigenvalue weighted by molar-refractivity contribution is -0.143. The van der Waals surface area contributed by atoms with Crippen molar-refractivity contribution in [2.24, 2.45) is 11.7 Å². The molecule has 0 saturated carbocycles. The summed E-state index contributed by atoms with van der Waals surface area (Å²) in [5, 5.41) is 7.12. The first-order chi connectivity index (χ1) is 17.9. The zero-order valence-corrected chi connectivity index (χ0v) is 20.1. The number of amides is 1. The maximum absolute atomic E-state index is 15.0. The Morgan fingerprint density at radius 2 is 1.84 bits per heavy atom. The Morgan fingerprint density at radius 1 is 1.11 bits per heavy atom. The smallest absolute Gasteiger partial charge is 0.316 e. The number of halogens is 1. The Bertz CT molecular complexity index is 1250. The summed E-state index contributed by atoms with van der Waals surface area (Å²) in [7, 11) is 0. The van der Waals surface area contributed by atoms with Gasteiger partial charge < -0.3 is 20.1 Å². The highest BCUT2D eigenvalue weighted by Crippen LogP contribution is 2.26. The number of carbonyl (C=O) groups is 2. The van der Waals surface area contributed by atoms with E-state index >= 15 is 0 Å². The number of amidine groups is 1. The van der Waals surface area contributed by atoms with Crippen molar-refractivity contribution in [1.82, 2.24) is 19.9 Å². The van der Waals surface area contributed by atoms with Crippen LogP contribution < -0.4 is 10.5 Å². The van der Waals surface area contributed by atoms with E-state index in [0.717, 1.165) is 12.8 Å². The van der Waals surface area contributed by atoms with Crippen molar-refractivity contribution in [2.75, 3.05) is 19.7 Å². The van der Waals surface area contributed by atoms with Gasteiger partial charge in [-0.2, -0.15) is 0 Å². The van der Waals surface area contributed by atoms with E-state index in [0.29, 0.717) is 30.8 Å². The second-order valence-corrected chi connectivity index (χ2v) is 8.68. The molecular weight excluding hydrogens is 491 g/mol. The van der Waals surface area contributed by atoms with E-state index < -0.39 is 11.8 Å². The maximum atomic E-state index is 15.0. The summed E-state index contributed by atoms with van der Waals surface area (Å²) in [5.74, 6) is -1.33. The van der Waals surface area contributed by atoms with Gasteiger partial charge in [0.15, 0.2) is 0 Å². The predicted octanol–water partition coefficient (Wildman–Crippen LogP) is 3.61. The first kappa shape index (κ1) is 28.2. The summed E-state index contributed by atoms with van der Waals surface area (Å²) < 4.78 is 25.7. The SMILES string of the molecule is C.N=C(N)CC(=O)OCc1cccc(-c2cnc(OCC3CCN(C(=O)c4cccnc4)CC3)nc2)c1F. The van der Waals surface area contributed by atoms with Gasteiger partial charge in [0.2, 0.25) is 0 Å². The molecule has 1 aromatic carbocycles. The summed E-state index contributed by atoms with van der Waals surface area (Å²) in [4.78, 5) is 38.4. The third-order valence-corrected chi connectivity index (χ3v) is 6.00. The number of nitrogens with one attached hydrogen (secondary N) is 1. The molecule has 38 heavy (non-hydrogen) atoms. The number of pyridine rings is 1. The van der Waals surface area contributed by atoms with Crippen LogP contribution in [0.5, 0.6) is 6.01 Å². The van der Waals surface area contributed by atoms with Crippen LogP contribution in [0.1, 0.15) is 42.6 Å². The normalized spacial score (nSPS) is 13.3. The highest BCUT2D eigenvalue weighted by atomic mass is 19.1. The lowest BCUT2D eigenvalue weighted by Crippen LogP contribution is -2.39. The molecule has 3 N–H and O–H groups in total. The molecule has 1 amide bonds. The molecule has 0 atom stereocenters. The number of esters is 1. The molecule has 4 rings (SSSR count). The molecule has 1 aliphatic heterocycles. The standard InChI is InChI=1S/C26H27FN6O4.CH4/c27-24-19(16-36-23(34)11-22(28)29)3-1-5-21(24)20-13-31-26(32-14-20)37-15-17-6-9-33(10-7-17)25(35)18-4-2-8-30-12-18;/h1-5,8,12-14,17H,6-7,9-11,15-16H2,(H3,28,29);1H4. The van der Waals surface area contributed by atoms with Crippen LogP contribution >= 0.6 is 0 Å². The average molecular weight is 523 g/mol. The number of aromatic nitrogens is 3. The molecule has 1 fully saturated rings. The molecule has 0 spiro atoms. The predicted molar refractivity (Wildman–Crippen MR) is 139 cm³/mol. The van der Waals surface area contributed by atoms with E-state index in [1.165, 1.54) is 18.5 Å². The van der Waals surface area contributed by atoms with E-state index in [1.54, 1.807) is 36.7 Å². The van der Waals surface area contributed by atoms with Crippen LogP contribution in [0.2, 0.25) is 0 Å². The molecule has 10 nitrogen and oxygen atoms in total. The van der Waals surface area contributed by atoms with Gasteiger partial charge in [0.25, 0.3) is 5.91 Å². The number of hydrogen-bond acceptors (Lipinski definition) is 8. The minimum absolute atomic E-state index is 0. The summed E-state index contributed by atoms with van der Waals surface area (Å²) in [6, 6.07) is 8.43. The Labute approximate surface area is 220 Å². The van der Waals surface area contributed by atoms with E-state index in [-0.39, 0.29) is 55.3 Å². The fourth-order valence-electron chi connectivity index (χ4n) is 3.98. The van der Waals surface area contributed by atoms with E-state index in [4.69, 9.17) is 20.6 Å². The van der Waals surface area contributed by atoms with Crippen molar-refractivity contribution in [3.63, 3.8) is 0 Å². The molecule has 3 aromatic rings. The minimum atomic E-state index is -0.701. The van der Waals surface area contributed by atoms with Crippen molar-refractivity contribution in [3.8, 4) is 17.1 Å². The lowest BCUT2D eigenvalue weighted by Gasteiger charge is -2.31. The average Bonchev–Trinajstić information content (AvgIpc) is 2.92.